The average Bonchev–Trinajstić information content (AvgIpc) is 3.01. The monoisotopic (exact) mass is 284 g/mol. The van der Waals surface area contributed by atoms with Crippen LogP contribution in [0.25, 0.3) is 22.2 Å². The van der Waals surface area contributed by atoms with Crippen LogP contribution in [0.1, 0.15) is 6.42 Å². The number of aliphatic hydroxyl groups is 1. The highest BCUT2D eigenvalue weighted by Gasteiger charge is 2.08. The fourth-order valence-corrected chi connectivity index (χ4v) is 2.15. The third-order valence-electron chi connectivity index (χ3n) is 3.15. The van der Waals surface area contributed by atoms with Gasteiger partial charge in [-0.2, -0.15) is 10.1 Å². The maximum atomic E-state index is 8.85. The number of H-pyrrole nitrogens is 1. The van der Waals surface area contributed by atoms with E-state index < -0.39 is 0 Å². The van der Waals surface area contributed by atoms with Gasteiger partial charge in [0.15, 0.2) is 0 Å². The first-order valence-corrected chi connectivity index (χ1v) is 6.69. The van der Waals surface area contributed by atoms with Crippen LogP contribution in [0.4, 0.5) is 11.8 Å². The zero-order valence-electron chi connectivity index (χ0n) is 11.4. The molecule has 0 atom stereocenters. The maximum absolute atomic E-state index is 8.85. The van der Waals surface area contributed by atoms with Crippen molar-refractivity contribution in [1.29, 1.82) is 0 Å². The Labute approximate surface area is 121 Å². The Bertz CT molecular complexity index is 741. The summed E-state index contributed by atoms with van der Waals surface area (Å²) in [6.07, 6.45) is 2.35. The molecule has 0 aliphatic carbocycles. The number of nitrogens with zero attached hydrogens (tertiary/aromatic N) is 3. The van der Waals surface area contributed by atoms with Crippen LogP contribution in [-0.4, -0.2) is 38.4 Å². The quantitative estimate of drug-likeness (QED) is 0.527. The summed E-state index contributed by atoms with van der Waals surface area (Å²) >= 11 is 0. The van der Waals surface area contributed by atoms with Crippen molar-refractivity contribution in [2.24, 2.45) is 0 Å². The van der Waals surface area contributed by atoms with Gasteiger partial charge in [0.05, 0.1) is 11.2 Å². The van der Waals surface area contributed by atoms with Crippen molar-refractivity contribution in [2.45, 2.75) is 6.42 Å². The summed E-state index contributed by atoms with van der Waals surface area (Å²) in [7, 11) is 0. The molecule has 21 heavy (non-hydrogen) atoms. The van der Waals surface area contributed by atoms with Crippen LogP contribution in [-0.2, 0) is 0 Å². The zero-order valence-corrected chi connectivity index (χ0v) is 11.4. The SMILES string of the molecule is Nc1nc(NCCCO)c2ccc(-c3ccn[nH]3)cc2n1. The Morgan fingerprint density at radius 1 is 1.24 bits per heavy atom. The topological polar surface area (TPSA) is 113 Å². The number of hydrogen-bond acceptors (Lipinski definition) is 6. The van der Waals surface area contributed by atoms with Gasteiger partial charge in [-0.05, 0) is 24.6 Å². The molecule has 0 spiro atoms. The number of aliphatic hydroxyl groups excluding tert-OH is 1. The number of nitrogen functional groups attached to an aromatic ring is 1. The summed E-state index contributed by atoms with van der Waals surface area (Å²) in [4.78, 5) is 8.50. The van der Waals surface area contributed by atoms with Gasteiger partial charge in [0, 0.05) is 30.3 Å². The molecule has 7 heteroatoms. The van der Waals surface area contributed by atoms with Crippen molar-refractivity contribution in [2.75, 3.05) is 24.2 Å². The number of rotatable bonds is 5. The van der Waals surface area contributed by atoms with Crippen molar-refractivity contribution in [3.05, 3.63) is 30.5 Å². The van der Waals surface area contributed by atoms with Crippen molar-refractivity contribution < 1.29 is 5.11 Å². The van der Waals surface area contributed by atoms with Gasteiger partial charge in [-0.25, -0.2) is 4.98 Å². The summed E-state index contributed by atoms with van der Waals surface area (Å²) in [6, 6.07) is 7.77. The van der Waals surface area contributed by atoms with Crippen molar-refractivity contribution in [3.8, 4) is 11.3 Å². The molecule has 0 aliphatic rings. The van der Waals surface area contributed by atoms with E-state index in [9.17, 15) is 0 Å². The van der Waals surface area contributed by atoms with Gasteiger partial charge < -0.3 is 16.2 Å². The lowest BCUT2D eigenvalue weighted by molar-refractivity contribution is 0.292. The molecule has 0 bridgehead atoms. The van der Waals surface area contributed by atoms with E-state index >= 15 is 0 Å². The number of aromatic nitrogens is 4. The summed E-state index contributed by atoms with van der Waals surface area (Å²) in [6.45, 7) is 0.764. The van der Waals surface area contributed by atoms with Gasteiger partial charge in [-0.1, -0.05) is 6.07 Å². The number of nitrogens with one attached hydrogen (secondary N) is 2. The second-order valence-electron chi connectivity index (χ2n) is 4.64. The molecule has 5 N–H and O–H groups in total. The molecule has 0 aliphatic heterocycles. The highest BCUT2D eigenvalue weighted by molar-refractivity contribution is 5.92. The van der Waals surface area contributed by atoms with E-state index in [0.29, 0.717) is 18.8 Å². The molecule has 0 saturated heterocycles. The van der Waals surface area contributed by atoms with E-state index in [1.165, 1.54) is 0 Å². The maximum Gasteiger partial charge on any atom is 0.222 e. The minimum atomic E-state index is 0.134. The van der Waals surface area contributed by atoms with Gasteiger partial charge in [0.2, 0.25) is 5.95 Å². The van der Waals surface area contributed by atoms with Crippen LogP contribution >= 0.6 is 0 Å². The standard InChI is InChI=1S/C14H16N6O/c15-14-18-12-8-9(11-4-6-17-20-11)2-3-10(12)13(19-14)16-5-1-7-21/h2-4,6,8,21H,1,5,7H2,(H,17,20)(H3,15,16,18,19). The fourth-order valence-electron chi connectivity index (χ4n) is 2.15. The Balaban J connectivity index is 2.01. The predicted molar refractivity (Wildman–Crippen MR) is 81.7 cm³/mol. The molecule has 0 saturated carbocycles. The number of aromatic amines is 1. The van der Waals surface area contributed by atoms with E-state index in [0.717, 1.165) is 22.2 Å². The molecule has 3 rings (SSSR count). The predicted octanol–water partition coefficient (Wildman–Crippen LogP) is 1.40. The van der Waals surface area contributed by atoms with Crippen molar-refractivity contribution in [3.63, 3.8) is 0 Å². The molecule has 0 fully saturated rings. The smallest absolute Gasteiger partial charge is 0.222 e. The molecule has 3 aromatic rings. The lowest BCUT2D eigenvalue weighted by atomic mass is 10.1. The Morgan fingerprint density at radius 2 is 2.14 bits per heavy atom. The van der Waals surface area contributed by atoms with Gasteiger partial charge in [-0.15, -0.1) is 0 Å². The Hall–Kier alpha value is -2.67. The number of benzene rings is 1. The van der Waals surface area contributed by atoms with Crippen LogP contribution in [0, 0.1) is 0 Å². The van der Waals surface area contributed by atoms with Gasteiger partial charge >= 0.3 is 0 Å². The molecule has 2 aromatic heterocycles. The molecule has 0 unspecified atom stereocenters. The minimum Gasteiger partial charge on any atom is -0.396 e. The lowest BCUT2D eigenvalue weighted by Gasteiger charge is -2.09. The summed E-state index contributed by atoms with van der Waals surface area (Å²) in [5.74, 6) is 0.901. The van der Waals surface area contributed by atoms with Gasteiger partial charge in [0.25, 0.3) is 0 Å². The zero-order chi connectivity index (χ0) is 14.7. The molecule has 0 amide bonds. The first-order valence-electron chi connectivity index (χ1n) is 6.69. The van der Waals surface area contributed by atoms with Gasteiger partial charge in [-0.3, -0.25) is 5.10 Å². The highest BCUT2D eigenvalue weighted by Crippen LogP contribution is 2.26. The summed E-state index contributed by atoms with van der Waals surface area (Å²) < 4.78 is 0. The normalized spacial score (nSPS) is 10.9. The average molecular weight is 284 g/mol. The number of fused-ring (bicyclic) bond motifs is 1. The largest absolute Gasteiger partial charge is 0.396 e. The molecule has 1 aromatic carbocycles. The van der Waals surface area contributed by atoms with E-state index in [2.05, 4.69) is 25.5 Å². The first kappa shape index (κ1) is 13.3. The van der Waals surface area contributed by atoms with E-state index in [-0.39, 0.29) is 12.6 Å². The van der Waals surface area contributed by atoms with Crippen LogP contribution < -0.4 is 11.1 Å². The molecular formula is C14H16N6O. The van der Waals surface area contributed by atoms with Crippen molar-refractivity contribution >= 4 is 22.7 Å². The third-order valence-corrected chi connectivity index (χ3v) is 3.15. The summed E-state index contributed by atoms with van der Waals surface area (Å²) in [5, 5.41) is 19.8. The van der Waals surface area contributed by atoms with Crippen LogP contribution in [0.15, 0.2) is 30.5 Å². The lowest BCUT2D eigenvalue weighted by Crippen LogP contribution is -2.08. The second-order valence-corrected chi connectivity index (χ2v) is 4.64. The van der Waals surface area contributed by atoms with E-state index in [1.54, 1.807) is 6.20 Å². The third kappa shape index (κ3) is 2.77. The number of nitrogens with two attached hydrogens (primary N) is 1. The minimum absolute atomic E-state index is 0.134. The molecule has 0 radical (unpaired) electrons. The highest BCUT2D eigenvalue weighted by atomic mass is 16.3. The molecular weight excluding hydrogens is 268 g/mol. The van der Waals surface area contributed by atoms with Crippen LogP contribution in [0.2, 0.25) is 0 Å². The van der Waals surface area contributed by atoms with Crippen LogP contribution in [0.3, 0.4) is 0 Å². The van der Waals surface area contributed by atoms with E-state index in [4.69, 9.17) is 10.8 Å². The second kappa shape index (κ2) is 5.76. The Kier molecular flexibility index (Phi) is 3.65. The first-order chi connectivity index (χ1) is 10.3. The number of anilines is 2. The number of hydrogen-bond donors (Lipinski definition) is 4. The van der Waals surface area contributed by atoms with Crippen LogP contribution in [0.5, 0.6) is 0 Å². The fraction of sp³-hybridized carbons (Fsp3) is 0.214. The van der Waals surface area contributed by atoms with Crippen molar-refractivity contribution in [1.82, 2.24) is 20.2 Å². The molecule has 2 heterocycles. The Morgan fingerprint density at radius 3 is 2.90 bits per heavy atom. The summed E-state index contributed by atoms with van der Waals surface area (Å²) in [5.41, 5.74) is 8.44. The molecule has 108 valence electrons. The van der Waals surface area contributed by atoms with Gasteiger partial charge in [0.1, 0.15) is 5.82 Å². The molecule has 7 nitrogen and oxygen atoms in total. The van der Waals surface area contributed by atoms with E-state index in [1.807, 2.05) is 24.3 Å².